The molecule has 0 saturated heterocycles. The molecule has 0 aliphatic carbocycles. The summed E-state index contributed by atoms with van der Waals surface area (Å²) in [5.41, 5.74) is 3.64. The molecule has 0 fully saturated rings. The van der Waals surface area contributed by atoms with Crippen LogP contribution < -0.4 is 15.1 Å². The molecule has 0 aromatic heterocycles. The van der Waals surface area contributed by atoms with Gasteiger partial charge in [-0.2, -0.15) is 11.1 Å². The zero-order valence-corrected chi connectivity index (χ0v) is 17.0. The number of halogens is 1. The number of hydrogen-bond donors (Lipinski definition) is 0. The highest BCUT2D eigenvalue weighted by Crippen LogP contribution is 2.32. The van der Waals surface area contributed by atoms with Crippen molar-refractivity contribution in [1.29, 1.82) is 0 Å². The van der Waals surface area contributed by atoms with Gasteiger partial charge in [-0.25, -0.2) is 0 Å². The first kappa shape index (κ1) is 18.8. The van der Waals surface area contributed by atoms with E-state index in [0.29, 0.717) is 6.61 Å². The Hall–Kier alpha value is -1.51. The number of ether oxygens (including phenoxy) is 1. The zero-order chi connectivity index (χ0) is 17.9. The highest BCUT2D eigenvalue weighted by molar-refractivity contribution is 7.21. The Morgan fingerprint density at radius 3 is 2.38 bits per heavy atom. The van der Waals surface area contributed by atoms with Crippen molar-refractivity contribution in [3.63, 3.8) is 0 Å². The predicted octanol–water partition coefficient (Wildman–Crippen LogP) is 4.51. The maximum Gasteiger partial charge on any atom is 0.238 e. The lowest BCUT2D eigenvalue weighted by atomic mass is 9.85. The van der Waals surface area contributed by atoms with Crippen LogP contribution in [0.15, 0.2) is 49.1 Å². The van der Waals surface area contributed by atoms with E-state index < -0.39 is 8.11 Å². The molecule has 1 radical (unpaired) electrons. The smallest absolute Gasteiger partial charge is 0.238 e. The Morgan fingerprint density at radius 2 is 1.79 bits per heavy atom. The Kier molecular flexibility index (Phi) is 5.95. The quantitative estimate of drug-likeness (QED) is 0.434. The second-order valence-electron chi connectivity index (χ2n) is 7.17. The molecular weight excluding hydrogens is 332 g/mol. The molecule has 2 rings (SSSR count). The first-order chi connectivity index (χ1) is 11.3. The average Bonchev–Trinajstić information content (AvgIpc) is 2.52. The molecule has 0 amide bonds. The number of hydrogen-bond acceptors (Lipinski definition) is 1. The second-order valence-corrected chi connectivity index (χ2v) is 10.0. The maximum absolute atomic E-state index is 7.01. The Labute approximate surface area is 152 Å². The lowest BCUT2D eigenvalue weighted by Gasteiger charge is -2.27. The molecule has 1 nitrogen and oxygen atoms in total. The van der Waals surface area contributed by atoms with Gasteiger partial charge in [-0.3, -0.25) is 0 Å². The first-order valence-electron chi connectivity index (χ1n) is 8.23. The van der Waals surface area contributed by atoms with Gasteiger partial charge < -0.3 is 4.74 Å². The third-order valence-corrected chi connectivity index (χ3v) is 7.10. The summed E-state index contributed by atoms with van der Waals surface area (Å²) in [6.45, 7) is 15.1. The Balaban J connectivity index is 2.65. The number of benzene rings is 2. The van der Waals surface area contributed by atoms with Gasteiger partial charge in [0.2, 0.25) is 8.11 Å². The third-order valence-electron chi connectivity index (χ3n) is 4.00. The van der Waals surface area contributed by atoms with Crippen LogP contribution in [0.1, 0.15) is 37.5 Å². The van der Waals surface area contributed by atoms with Crippen molar-refractivity contribution in [2.75, 3.05) is 6.61 Å². The summed E-state index contributed by atoms with van der Waals surface area (Å²) >= 11 is 7.01. The fourth-order valence-electron chi connectivity index (χ4n) is 2.76. The van der Waals surface area contributed by atoms with Crippen molar-refractivity contribution >= 4 is 29.6 Å². The maximum atomic E-state index is 7.01. The minimum atomic E-state index is -1.43. The number of rotatable bonds is 5. The van der Waals surface area contributed by atoms with Crippen molar-refractivity contribution in [2.24, 2.45) is 0 Å². The predicted molar refractivity (Wildman–Crippen MR) is 108 cm³/mol. The van der Waals surface area contributed by atoms with Gasteiger partial charge in [0.05, 0.1) is 0 Å². The Bertz CT molecular complexity index is 731. The van der Waals surface area contributed by atoms with Crippen molar-refractivity contribution in [2.45, 2.75) is 40.0 Å². The van der Waals surface area contributed by atoms with Crippen LogP contribution in [-0.4, -0.2) is 14.7 Å². The molecule has 2 aromatic rings. The molecular formula is C21H26ClOSi. The third kappa shape index (κ3) is 4.11. The van der Waals surface area contributed by atoms with E-state index in [1.807, 2.05) is 0 Å². The molecule has 0 atom stereocenters. The summed E-state index contributed by atoms with van der Waals surface area (Å²) in [5.74, 6) is 0.931. The van der Waals surface area contributed by atoms with Gasteiger partial charge in [0.1, 0.15) is 12.4 Å². The van der Waals surface area contributed by atoms with Gasteiger partial charge in [0.25, 0.3) is 0 Å². The van der Waals surface area contributed by atoms with Crippen molar-refractivity contribution in [1.82, 2.24) is 0 Å². The second kappa shape index (κ2) is 7.58. The van der Waals surface area contributed by atoms with Crippen LogP contribution in [0.4, 0.5) is 0 Å². The van der Waals surface area contributed by atoms with E-state index in [-0.39, 0.29) is 5.41 Å². The van der Waals surface area contributed by atoms with Gasteiger partial charge in [-0.15, -0.1) is 0 Å². The lowest BCUT2D eigenvalue weighted by molar-refractivity contribution is 0.354. The molecule has 24 heavy (non-hydrogen) atoms. The van der Waals surface area contributed by atoms with E-state index in [1.54, 1.807) is 6.08 Å². The summed E-state index contributed by atoms with van der Waals surface area (Å²) in [6, 6.07) is 12.8. The van der Waals surface area contributed by atoms with Gasteiger partial charge in [0, 0.05) is 5.19 Å². The van der Waals surface area contributed by atoms with Crippen LogP contribution in [0.25, 0.3) is 0 Å². The van der Waals surface area contributed by atoms with Gasteiger partial charge >= 0.3 is 0 Å². The van der Waals surface area contributed by atoms with Crippen LogP contribution in [-0.2, 0) is 5.41 Å². The van der Waals surface area contributed by atoms with Crippen molar-refractivity contribution < 1.29 is 4.74 Å². The average molecular weight is 358 g/mol. The van der Waals surface area contributed by atoms with Gasteiger partial charge in [-0.05, 0) is 30.0 Å². The summed E-state index contributed by atoms with van der Waals surface area (Å²) < 4.78 is 6.10. The zero-order valence-electron chi connectivity index (χ0n) is 15.2. The fraction of sp³-hybridized carbons (Fsp3) is 0.333. The van der Waals surface area contributed by atoms with E-state index in [4.69, 9.17) is 15.8 Å². The molecule has 127 valence electrons. The summed E-state index contributed by atoms with van der Waals surface area (Å²) in [7, 11) is -1.43. The molecule has 0 N–H and O–H groups in total. The summed E-state index contributed by atoms with van der Waals surface area (Å²) in [5, 5.41) is 2.35. The van der Waals surface area contributed by atoms with Crippen LogP contribution in [0.2, 0.25) is 0 Å². The minimum Gasteiger partial charge on any atom is -0.489 e. The normalized spacial score (nSPS) is 11.6. The van der Waals surface area contributed by atoms with E-state index in [0.717, 1.165) is 10.9 Å². The van der Waals surface area contributed by atoms with E-state index in [9.17, 15) is 0 Å². The van der Waals surface area contributed by atoms with E-state index >= 15 is 0 Å². The van der Waals surface area contributed by atoms with E-state index in [2.05, 4.69) is 77.6 Å². The monoisotopic (exact) mass is 357 g/mol. The van der Waals surface area contributed by atoms with Crippen LogP contribution in [0.5, 0.6) is 5.75 Å². The Morgan fingerprint density at radius 1 is 1.12 bits per heavy atom. The molecule has 0 heterocycles. The van der Waals surface area contributed by atoms with Gasteiger partial charge in [0.15, 0.2) is 0 Å². The van der Waals surface area contributed by atoms with Crippen molar-refractivity contribution in [3.8, 4) is 5.75 Å². The molecule has 3 heteroatoms. The highest BCUT2D eigenvalue weighted by Gasteiger charge is 2.27. The highest BCUT2D eigenvalue weighted by atomic mass is 35.6. The van der Waals surface area contributed by atoms with Gasteiger partial charge in [-0.1, -0.05) is 81.0 Å². The molecule has 0 aliphatic heterocycles. The standard InChI is InChI=1S/C21H26ClOSi/c1-7-12-23-20-17(21(4,5)6)13-15(2)14-19(20)24(22)18-11-9-8-10-16(18)3/h7-11,13-14H,1,12H2,2-6H3. The van der Waals surface area contributed by atoms with Crippen LogP contribution in [0.3, 0.4) is 0 Å². The van der Waals surface area contributed by atoms with Crippen LogP contribution in [0, 0.1) is 13.8 Å². The molecule has 0 unspecified atom stereocenters. The topological polar surface area (TPSA) is 9.23 Å². The molecule has 0 aliphatic rings. The molecule has 0 bridgehead atoms. The number of aryl methyl sites for hydroxylation is 2. The van der Waals surface area contributed by atoms with E-state index in [1.165, 1.54) is 21.9 Å². The summed E-state index contributed by atoms with van der Waals surface area (Å²) in [4.78, 5) is 0. The largest absolute Gasteiger partial charge is 0.489 e. The molecule has 0 saturated carbocycles. The fourth-order valence-corrected chi connectivity index (χ4v) is 5.54. The molecule has 2 aromatic carbocycles. The molecule has 0 spiro atoms. The first-order valence-corrected chi connectivity index (χ1v) is 10.7. The summed E-state index contributed by atoms with van der Waals surface area (Å²) in [6.07, 6.45) is 1.78. The minimum absolute atomic E-state index is 0.0119. The van der Waals surface area contributed by atoms with Crippen LogP contribution >= 0.6 is 11.1 Å². The SMILES string of the molecule is C=CCOc1c([Si](Cl)c2ccccc2C)cc(C)cc1C(C)(C)C. The van der Waals surface area contributed by atoms with Crippen molar-refractivity contribution in [3.05, 3.63) is 65.7 Å². The lowest BCUT2D eigenvalue weighted by Crippen LogP contribution is -2.40.